The lowest BCUT2D eigenvalue weighted by atomic mass is 9.90. The van der Waals surface area contributed by atoms with Crippen LogP contribution < -0.4 is 14.7 Å². The average Bonchev–Trinajstić information content (AvgIpc) is 3.47. The predicted molar refractivity (Wildman–Crippen MR) is 147 cm³/mol. The van der Waals surface area contributed by atoms with Crippen LogP contribution in [0.3, 0.4) is 0 Å². The van der Waals surface area contributed by atoms with Crippen LogP contribution in [0.2, 0.25) is 10.0 Å². The topological polar surface area (TPSA) is 76.2 Å². The number of esters is 1. The maximum Gasteiger partial charge on any atom is 0.343 e. The van der Waals surface area contributed by atoms with Crippen molar-refractivity contribution < 1.29 is 24.0 Å². The van der Waals surface area contributed by atoms with Gasteiger partial charge >= 0.3 is 5.97 Å². The zero-order valence-corrected chi connectivity index (χ0v) is 21.8. The molecule has 9 heteroatoms. The van der Waals surface area contributed by atoms with Gasteiger partial charge in [-0.05, 0) is 60.2 Å². The van der Waals surface area contributed by atoms with Gasteiger partial charge in [-0.25, -0.2) is 14.8 Å². The molecule has 0 bridgehead atoms. The van der Waals surface area contributed by atoms with E-state index in [4.69, 9.17) is 32.8 Å². The third-order valence-corrected chi connectivity index (χ3v) is 7.47. The minimum absolute atomic E-state index is 0.232. The molecule has 2 aliphatic rings. The van der Waals surface area contributed by atoms with Crippen LogP contribution in [0.5, 0.6) is 5.75 Å². The highest BCUT2D eigenvalue weighted by Crippen LogP contribution is 2.48. The van der Waals surface area contributed by atoms with Crippen molar-refractivity contribution in [2.45, 2.75) is 12.1 Å². The number of ether oxygens (including phenoxy) is 1. The number of rotatable bonds is 5. The van der Waals surface area contributed by atoms with Gasteiger partial charge in [0.2, 0.25) is 5.91 Å². The van der Waals surface area contributed by atoms with Crippen LogP contribution in [-0.2, 0) is 14.4 Å². The van der Waals surface area contributed by atoms with Crippen LogP contribution in [0.15, 0.2) is 103 Å². The zero-order chi connectivity index (χ0) is 27.1. The van der Waals surface area contributed by atoms with Crippen LogP contribution in [-0.4, -0.2) is 23.9 Å². The van der Waals surface area contributed by atoms with Gasteiger partial charge in [0.1, 0.15) is 11.7 Å². The van der Waals surface area contributed by atoms with E-state index < -0.39 is 35.8 Å². The van der Waals surface area contributed by atoms with E-state index in [1.807, 2.05) is 36.4 Å². The Bertz CT molecular complexity index is 1560. The number of carbonyl (C=O) groups is 3. The summed E-state index contributed by atoms with van der Waals surface area (Å²) in [5.41, 5.74) is 2.16. The molecule has 0 radical (unpaired) electrons. The number of para-hydroxylation sites is 1. The molecule has 6 rings (SSSR count). The summed E-state index contributed by atoms with van der Waals surface area (Å²) in [6, 6.07) is 28.8. The summed E-state index contributed by atoms with van der Waals surface area (Å²) >= 11 is 12.2. The first-order valence-electron chi connectivity index (χ1n) is 12.1. The molecular formula is C30H20Cl2N2O5. The molecule has 0 spiro atoms. The first-order valence-corrected chi connectivity index (χ1v) is 12.9. The first kappa shape index (κ1) is 25.1. The summed E-state index contributed by atoms with van der Waals surface area (Å²) in [7, 11) is 0. The summed E-state index contributed by atoms with van der Waals surface area (Å²) in [5.74, 6) is -1.86. The molecule has 0 saturated carbocycles. The Morgan fingerprint density at radius 2 is 1.41 bits per heavy atom. The van der Waals surface area contributed by atoms with E-state index in [-0.39, 0.29) is 5.02 Å². The first-order chi connectivity index (χ1) is 18.9. The number of imide groups is 1. The summed E-state index contributed by atoms with van der Waals surface area (Å²) in [5, 5.41) is 2.15. The predicted octanol–water partition coefficient (Wildman–Crippen LogP) is 6.26. The molecule has 194 valence electrons. The third-order valence-electron chi connectivity index (χ3n) is 6.73. The fourth-order valence-electron chi connectivity index (χ4n) is 4.90. The lowest BCUT2D eigenvalue weighted by molar-refractivity contribution is -0.126. The monoisotopic (exact) mass is 558 g/mol. The second kappa shape index (κ2) is 10.2. The molecule has 0 aromatic heterocycles. The van der Waals surface area contributed by atoms with E-state index >= 15 is 0 Å². The van der Waals surface area contributed by atoms with E-state index in [1.165, 1.54) is 12.1 Å². The number of anilines is 2. The SMILES string of the molecule is O=C(Oc1ccc([C@H]2[C@H]3C(=O)N(c4ccc(Cl)c(Cl)c4)C(=O)[C@H]3ON2c2ccccc2)cc1)c1ccccc1. The number of hydrogen-bond acceptors (Lipinski definition) is 6. The Labute approximate surface area is 234 Å². The molecule has 0 aliphatic carbocycles. The van der Waals surface area contributed by atoms with E-state index in [1.54, 1.807) is 59.7 Å². The van der Waals surface area contributed by atoms with Crippen molar-refractivity contribution in [3.05, 3.63) is 124 Å². The normalized spacial score (nSPS) is 20.3. The number of amides is 2. The summed E-state index contributed by atoms with van der Waals surface area (Å²) in [6.45, 7) is 0. The highest BCUT2D eigenvalue weighted by Gasteiger charge is 2.60. The Kier molecular flexibility index (Phi) is 6.56. The molecular weight excluding hydrogens is 539 g/mol. The van der Waals surface area contributed by atoms with Crippen LogP contribution in [0, 0.1) is 5.92 Å². The summed E-state index contributed by atoms with van der Waals surface area (Å²) in [4.78, 5) is 47.0. The maximum absolute atomic E-state index is 13.8. The van der Waals surface area contributed by atoms with Gasteiger partial charge in [-0.2, -0.15) is 0 Å². The van der Waals surface area contributed by atoms with Crippen molar-refractivity contribution in [3.8, 4) is 5.75 Å². The molecule has 2 heterocycles. The average molecular weight is 559 g/mol. The fraction of sp³-hybridized carbons (Fsp3) is 0.100. The van der Waals surface area contributed by atoms with E-state index in [9.17, 15) is 14.4 Å². The van der Waals surface area contributed by atoms with Gasteiger partial charge in [0.25, 0.3) is 5.91 Å². The Morgan fingerprint density at radius 1 is 0.744 bits per heavy atom. The molecule has 4 aromatic carbocycles. The molecule has 0 unspecified atom stereocenters. The molecule has 3 atom stereocenters. The zero-order valence-electron chi connectivity index (χ0n) is 20.2. The summed E-state index contributed by atoms with van der Waals surface area (Å²) < 4.78 is 5.51. The van der Waals surface area contributed by atoms with Crippen LogP contribution in [0.1, 0.15) is 22.0 Å². The fourth-order valence-corrected chi connectivity index (χ4v) is 5.20. The minimum Gasteiger partial charge on any atom is -0.423 e. The van der Waals surface area contributed by atoms with Crippen molar-refractivity contribution in [1.82, 2.24) is 0 Å². The number of benzene rings is 4. The highest BCUT2D eigenvalue weighted by molar-refractivity contribution is 6.42. The maximum atomic E-state index is 13.8. The van der Waals surface area contributed by atoms with Gasteiger partial charge in [-0.1, -0.05) is 71.7 Å². The second-order valence-electron chi connectivity index (χ2n) is 9.09. The molecule has 0 N–H and O–H groups in total. The Hall–Kier alpha value is -4.17. The van der Waals surface area contributed by atoms with Crippen LogP contribution in [0.25, 0.3) is 0 Å². The molecule has 2 saturated heterocycles. The number of hydrogen-bond donors (Lipinski definition) is 0. The number of halogens is 2. The third kappa shape index (κ3) is 4.55. The van der Waals surface area contributed by atoms with Crippen molar-refractivity contribution in [3.63, 3.8) is 0 Å². The highest BCUT2D eigenvalue weighted by atomic mass is 35.5. The van der Waals surface area contributed by atoms with E-state index in [0.29, 0.717) is 33.3 Å². The van der Waals surface area contributed by atoms with Gasteiger partial charge in [-0.15, -0.1) is 0 Å². The van der Waals surface area contributed by atoms with Crippen molar-refractivity contribution >= 4 is 52.4 Å². The van der Waals surface area contributed by atoms with Gasteiger partial charge in [-0.3, -0.25) is 14.4 Å². The lowest BCUT2D eigenvalue weighted by Crippen LogP contribution is -2.37. The molecule has 2 aliphatic heterocycles. The second-order valence-corrected chi connectivity index (χ2v) is 9.91. The Balaban J connectivity index is 1.33. The van der Waals surface area contributed by atoms with E-state index in [0.717, 1.165) is 4.90 Å². The number of nitrogens with zero attached hydrogens (tertiary/aromatic N) is 2. The van der Waals surface area contributed by atoms with Crippen LogP contribution in [0.4, 0.5) is 11.4 Å². The number of carbonyl (C=O) groups excluding carboxylic acids is 3. The van der Waals surface area contributed by atoms with E-state index in [2.05, 4.69) is 0 Å². The lowest BCUT2D eigenvalue weighted by Gasteiger charge is -2.29. The van der Waals surface area contributed by atoms with Gasteiger partial charge in [0.05, 0.1) is 33.0 Å². The number of hydroxylamine groups is 1. The van der Waals surface area contributed by atoms with Crippen molar-refractivity contribution in [2.24, 2.45) is 5.92 Å². The molecule has 4 aromatic rings. The number of fused-ring (bicyclic) bond motifs is 1. The van der Waals surface area contributed by atoms with Crippen molar-refractivity contribution in [1.29, 1.82) is 0 Å². The quantitative estimate of drug-likeness (QED) is 0.163. The van der Waals surface area contributed by atoms with Gasteiger partial charge in [0.15, 0.2) is 6.10 Å². The van der Waals surface area contributed by atoms with Crippen LogP contribution >= 0.6 is 23.2 Å². The van der Waals surface area contributed by atoms with Crippen molar-refractivity contribution in [2.75, 3.05) is 9.96 Å². The molecule has 2 amide bonds. The molecule has 39 heavy (non-hydrogen) atoms. The Morgan fingerprint density at radius 3 is 2.08 bits per heavy atom. The minimum atomic E-state index is -1.03. The standard InChI is InChI=1S/C30H20Cl2N2O5/c31-23-16-13-21(17-24(23)32)33-28(35)25-26(34(39-27(25)29(33)36)20-9-5-2-6-10-20)18-11-14-22(15-12-18)38-30(37)19-7-3-1-4-8-19/h1-17,25-27H/t25-,26+,27+/m1/s1. The van der Waals surface area contributed by atoms with Gasteiger partial charge in [0, 0.05) is 0 Å². The van der Waals surface area contributed by atoms with Gasteiger partial charge < -0.3 is 4.74 Å². The smallest absolute Gasteiger partial charge is 0.343 e. The summed E-state index contributed by atoms with van der Waals surface area (Å²) in [6.07, 6.45) is -1.03. The largest absolute Gasteiger partial charge is 0.423 e. The molecule has 7 nitrogen and oxygen atoms in total. The molecule has 2 fully saturated rings.